The normalized spacial score (nSPS) is 11.2. The molecular weight excluding hydrogens is 573 g/mol. The lowest BCUT2D eigenvalue weighted by Crippen LogP contribution is -2.14. The first-order chi connectivity index (χ1) is 19.7. The van der Waals surface area contributed by atoms with Crippen molar-refractivity contribution >= 4 is 53.4 Å². The van der Waals surface area contributed by atoms with Crippen LogP contribution in [-0.2, 0) is 9.59 Å². The molecule has 2 N–H and O–H groups in total. The average molecular weight is 637 g/mol. The summed E-state index contributed by atoms with van der Waals surface area (Å²) >= 11 is 0. The van der Waals surface area contributed by atoms with Crippen LogP contribution in [-0.4, -0.2) is 11.8 Å². The van der Waals surface area contributed by atoms with Gasteiger partial charge in [0.15, 0.2) is 0 Å². The molecule has 0 radical (unpaired) electrons. The second-order valence-corrected chi connectivity index (χ2v) is 16.6. The van der Waals surface area contributed by atoms with E-state index in [9.17, 15) is 9.59 Å². The van der Waals surface area contributed by atoms with Gasteiger partial charge in [-0.2, -0.15) is 0 Å². The maximum atomic E-state index is 12.0. The number of amides is 2. The SMILES string of the molecule is CCCCCCCCCCCCCCCC(=O)NSSSSNC(=O)CCCCCCCCCCCCCCC. The third-order valence-electron chi connectivity index (χ3n) is 7.42. The van der Waals surface area contributed by atoms with Gasteiger partial charge < -0.3 is 0 Å². The first-order valence-electron chi connectivity index (χ1n) is 16.9. The first kappa shape index (κ1) is 40.3. The maximum Gasteiger partial charge on any atom is 0.230 e. The topological polar surface area (TPSA) is 58.2 Å². The van der Waals surface area contributed by atoms with Crippen LogP contribution in [0.1, 0.15) is 194 Å². The Morgan fingerprint density at radius 3 is 0.850 bits per heavy atom. The van der Waals surface area contributed by atoms with E-state index in [1.165, 1.54) is 183 Å². The van der Waals surface area contributed by atoms with E-state index in [0.717, 1.165) is 25.7 Å². The van der Waals surface area contributed by atoms with Crippen LogP contribution < -0.4 is 9.44 Å². The monoisotopic (exact) mass is 636 g/mol. The van der Waals surface area contributed by atoms with Crippen molar-refractivity contribution in [1.29, 1.82) is 0 Å². The molecule has 0 heterocycles. The van der Waals surface area contributed by atoms with E-state index in [0.29, 0.717) is 12.8 Å². The predicted octanol–water partition coefficient (Wildman–Crippen LogP) is 12.7. The summed E-state index contributed by atoms with van der Waals surface area (Å²) in [6.45, 7) is 4.55. The van der Waals surface area contributed by atoms with Crippen LogP contribution in [0.3, 0.4) is 0 Å². The fourth-order valence-electron chi connectivity index (χ4n) is 4.86. The molecule has 0 aromatic carbocycles. The number of nitrogens with one attached hydrogen (secondary N) is 2. The van der Waals surface area contributed by atoms with Crippen molar-refractivity contribution in [3.05, 3.63) is 0 Å². The number of carbonyl (C=O) groups is 2. The van der Waals surface area contributed by atoms with Crippen molar-refractivity contribution in [2.75, 3.05) is 0 Å². The summed E-state index contributed by atoms with van der Waals surface area (Å²) in [5.41, 5.74) is 0. The molecule has 0 unspecified atom stereocenters. The fourth-order valence-corrected chi connectivity index (χ4v) is 8.92. The molecule has 0 fully saturated rings. The molecule has 238 valence electrons. The molecule has 0 bridgehead atoms. The van der Waals surface area contributed by atoms with Crippen molar-refractivity contribution in [2.45, 2.75) is 194 Å². The van der Waals surface area contributed by atoms with Crippen molar-refractivity contribution in [1.82, 2.24) is 9.44 Å². The molecule has 0 aromatic heterocycles. The van der Waals surface area contributed by atoms with E-state index >= 15 is 0 Å². The van der Waals surface area contributed by atoms with Gasteiger partial charge in [-0.25, -0.2) is 0 Å². The molecule has 0 aromatic rings. The molecule has 0 atom stereocenters. The van der Waals surface area contributed by atoms with Crippen molar-refractivity contribution in [3.8, 4) is 0 Å². The summed E-state index contributed by atoms with van der Waals surface area (Å²) < 4.78 is 5.78. The molecule has 0 saturated carbocycles. The number of rotatable bonds is 33. The Kier molecular flexibility index (Phi) is 35.8. The molecular formula is C32H64N2O2S4. The van der Waals surface area contributed by atoms with E-state index < -0.39 is 0 Å². The number of hydrogen-bond acceptors (Lipinski definition) is 6. The van der Waals surface area contributed by atoms with Gasteiger partial charge >= 0.3 is 0 Å². The third kappa shape index (κ3) is 34.5. The number of unbranched alkanes of at least 4 members (excludes halogenated alkanes) is 24. The Hall–Kier alpha value is 0.340. The Balaban J connectivity index is 3.26. The zero-order valence-electron chi connectivity index (χ0n) is 26.2. The molecule has 0 rings (SSSR count). The maximum absolute atomic E-state index is 12.0. The van der Waals surface area contributed by atoms with Crippen LogP contribution in [0.25, 0.3) is 0 Å². The largest absolute Gasteiger partial charge is 0.290 e. The fraction of sp³-hybridized carbons (Fsp3) is 0.938. The minimum atomic E-state index is 0.109. The second kappa shape index (κ2) is 35.5. The lowest BCUT2D eigenvalue weighted by molar-refractivity contribution is -0.120. The molecule has 40 heavy (non-hydrogen) atoms. The van der Waals surface area contributed by atoms with Gasteiger partial charge in [0.05, 0.1) is 0 Å². The third-order valence-corrected chi connectivity index (χ3v) is 12.5. The van der Waals surface area contributed by atoms with Gasteiger partial charge in [-0.3, -0.25) is 19.0 Å². The standard InChI is InChI=1S/C32H64N2O2S4/c1-3-5-7-9-11-13-15-17-19-21-23-25-27-29-31(35)33-37-39-40-38-34-32(36)30-28-26-24-22-20-18-16-14-12-10-8-6-4-2/h3-30H2,1-2H3,(H,33,35)(H,34,36). The van der Waals surface area contributed by atoms with Crippen LogP contribution in [0.5, 0.6) is 0 Å². The van der Waals surface area contributed by atoms with Crippen molar-refractivity contribution < 1.29 is 9.59 Å². The summed E-state index contributed by atoms with van der Waals surface area (Å²) in [5.74, 6) is 0.218. The highest BCUT2D eigenvalue weighted by Gasteiger charge is 2.04. The van der Waals surface area contributed by atoms with Gasteiger partial charge in [-0.15, -0.1) is 0 Å². The average Bonchev–Trinajstić information content (AvgIpc) is 2.95. The smallest absolute Gasteiger partial charge is 0.230 e. The molecule has 0 aliphatic carbocycles. The van der Waals surface area contributed by atoms with E-state index in [-0.39, 0.29) is 11.8 Å². The van der Waals surface area contributed by atoms with E-state index in [2.05, 4.69) is 23.3 Å². The molecule has 4 nitrogen and oxygen atoms in total. The minimum absolute atomic E-state index is 0.109. The van der Waals surface area contributed by atoms with Gasteiger partial charge in [0, 0.05) is 54.5 Å². The number of hydrogen-bond donors (Lipinski definition) is 2. The van der Waals surface area contributed by atoms with Gasteiger partial charge in [0.25, 0.3) is 0 Å². The summed E-state index contributed by atoms with van der Waals surface area (Å²) in [4.78, 5) is 23.9. The van der Waals surface area contributed by atoms with E-state index in [1.54, 1.807) is 0 Å². The lowest BCUT2D eigenvalue weighted by Gasteiger charge is -2.05. The van der Waals surface area contributed by atoms with Crippen molar-refractivity contribution in [3.63, 3.8) is 0 Å². The molecule has 2 amide bonds. The molecule has 0 saturated heterocycles. The van der Waals surface area contributed by atoms with Crippen LogP contribution in [0.2, 0.25) is 0 Å². The second-order valence-electron chi connectivity index (χ2n) is 11.3. The molecule has 0 aliphatic heterocycles. The number of carbonyl (C=O) groups excluding carboxylic acids is 2. The Morgan fingerprint density at radius 1 is 0.375 bits per heavy atom. The molecule has 8 heteroatoms. The summed E-state index contributed by atoms with van der Waals surface area (Å²) in [6, 6.07) is 0. The molecule has 0 spiro atoms. The van der Waals surface area contributed by atoms with Gasteiger partial charge in [-0.1, -0.05) is 168 Å². The van der Waals surface area contributed by atoms with E-state index in [1.807, 2.05) is 0 Å². The Labute approximate surface area is 264 Å². The summed E-state index contributed by atoms with van der Waals surface area (Å²) in [7, 11) is 5.65. The Bertz CT molecular complexity index is 495. The van der Waals surface area contributed by atoms with Crippen LogP contribution in [0.4, 0.5) is 0 Å². The lowest BCUT2D eigenvalue weighted by atomic mass is 10.0. The Morgan fingerprint density at radius 2 is 0.600 bits per heavy atom. The molecule has 0 aliphatic rings. The highest BCUT2D eigenvalue weighted by atomic mass is 33.7. The van der Waals surface area contributed by atoms with Gasteiger partial charge in [0.1, 0.15) is 0 Å². The van der Waals surface area contributed by atoms with Crippen LogP contribution in [0.15, 0.2) is 0 Å². The zero-order valence-corrected chi connectivity index (χ0v) is 29.5. The highest BCUT2D eigenvalue weighted by Crippen LogP contribution is 2.39. The minimum Gasteiger partial charge on any atom is -0.290 e. The quantitative estimate of drug-likeness (QED) is 0.0424. The van der Waals surface area contributed by atoms with E-state index in [4.69, 9.17) is 0 Å². The van der Waals surface area contributed by atoms with Crippen molar-refractivity contribution in [2.24, 2.45) is 0 Å². The van der Waals surface area contributed by atoms with Crippen LogP contribution in [0, 0.1) is 0 Å². The first-order valence-corrected chi connectivity index (χ1v) is 21.8. The van der Waals surface area contributed by atoms with Gasteiger partial charge in [-0.05, 0) is 12.8 Å². The summed E-state index contributed by atoms with van der Waals surface area (Å²) in [6.07, 6.45) is 35.6. The summed E-state index contributed by atoms with van der Waals surface area (Å²) in [5, 5.41) is 0. The predicted molar refractivity (Wildman–Crippen MR) is 187 cm³/mol. The van der Waals surface area contributed by atoms with Crippen LogP contribution >= 0.6 is 41.6 Å². The van der Waals surface area contributed by atoms with Gasteiger partial charge in [0.2, 0.25) is 11.8 Å². The zero-order chi connectivity index (χ0) is 29.2. The highest BCUT2D eigenvalue weighted by molar-refractivity contribution is 9.25.